The number of hydrogen-bond acceptors (Lipinski definition) is 5. The first-order valence-corrected chi connectivity index (χ1v) is 6.33. The highest BCUT2D eigenvalue weighted by molar-refractivity contribution is 7.99. The third-order valence-corrected chi connectivity index (χ3v) is 3.19. The highest BCUT2D eigenvalue weighted by atomic mass is 32.2. The van der Waals surface area contributed by atoms with Gasteiger partial charge in [-0.15, -0.1) is 0 Å². The SMILES string of the molecule is N#Cc1[nH]nc(NCN2C=CC=CC2)c1SC(F)F. The third-order valence-electron chi connectivity index (χ3n) is 2.37. The minimum absolute atomic E-state index is 0.0434. The summed E-state index contributed by atoms with van der Waals surface area (Å²) in [6.45, 7) is 1.16. The molecule has 0 atom stereocenters. The Hall–Kier alpha value is -2.01. The fourth-order valence-corrected chi connectivity index (χ4v) is 2.15. The predicted molar refractivity (Wildman–Crippen MR) is 68.6 cm³/mol. The standard InChI is InChI=1S/C11H11F2N5S/c12-11(13)19-9-8(6-14)16-17-10(9)15-7-18-4-2-1-3-5-18/h1-4,11H,5,7H2,(H2,15,16,17). The first-order chi connectivity index (χ1) is 9.20. The highest BCUT2D eigenvalue weighted by Crippen LogP contribution is 2.33. The summed E-state index contributed by atoms with van der Waals surface area (Å²) in [4.78, 5) is 2.09. The van der Waals surface area contributed by atoms with Crippen molar-refractivity contribution >= 4 is 17.6 Å². The van der Waals surface area contributed by atoms with Crippen LogP contribution in [-0.4, -0.2) is 34.1 Å². The maximum Gasteiger partial charge on any atom is 0.289 e. The van der Waals surface area contributed by atoms with E-state index in [0.717, 1.165) is 6.54 Å². The Morgan fingerprint density at radius 1 is 1.58 bits per heavy atom. The summed E-state index contributed by atoms with van der Waals surface area (Å²) in [5, 5.41) is 18.0. The minimum atomic E-state index is -2.59. The monoisotopic (exact) mass is 283 g/mol. The zero-order valence-electron chi connectivity index (χ0n) is 9.81. The van der Waals surface area contributed by atoms with Crippen LogP contribution in [0.1, 0.15) is 5.69 Å². The molecule has 0 saturated heterocycles. The molecule has 0 unspecified atom stereocenters. The van der Waals surface area contributed by atoms with Gasteiger partial charge in [0, 0.05) is 12.7 Å². The number of nitrogens with one attached hydrogen (secondary N) is 2. The molecular formula is C11H11F2N5S. The number of alkyl halides is 2. The second-order valence-corrected chi connectivity index (χ2v) is 4.64. The maximum absolute atomic E-state index is 12.4. The summed E-state index contributed by atoms with van der Waals surface area (Å²) in [7, 11) is 0. The van der Waals surface area contributed by atoms with Crippen LogP contribution in [0.2, 0.25) is 0 Å². The lowest BCUT2D eigenvalue weighted by Crippen LogP contribution is -2.25. The van der Waals surface area contributed by atoms with Crippen molar-refractivity contribution < 1.29 is 8.78 Å². The molecule has 0 amide bonds. The van der Waals surface area contributed by atoms with E-state index in [0.29, 0.717) is 18.4 Å². The molecule has 0 spiro atoms. The second kappa shape index (κ2) is 6.24. The molecule has 1 aromatic rings. The van der Waals surface area contributed by atoms with Gasteiger partial charge < -0.3 is 10.2 Å². The largest absolute Gasteiger partial charge is 0.356 e. The summed E-state index contributed by atoms with van der Waals surface area (Å²) in [5.74, 6) is -2.33. The Morgan fingerprint density at radius 2 is 2.42 bits per heavy atom. The average Bonchev–Trinajstić information content (AvgIpc) is 2.79. The molecule has 19 heavy (non-hydrogen) atoms. The Labute approximate surface area is 113 Å². The number of H-pyrrole nitrogens is 1. The van der Waals surface area contributed by atoms with Crippen molar-refractivity contribution in [2.75, 3.05) is 18.5 Å². The Bertz CT molecular complexity index is 532. The smallest absolute Gasteiger partial charge is 0.289 e. The van der Waals surface area contributed by atoms with E-state index in [-0.39, 0.29) is 16.4 Å². The number of anilines is 1. The molecular weight excluding hydrogens is 272 g/mol. The predicted octanol–water partition coefficient (Wildman–Crippen LogP) is 2.35. The number of aromatic amines is 1. The van der Waals surface area contributed by atoms with Crippen LogP contribution in [0.25, 0.3) is 0 Å². The van der Waals surface area contributed by atoms with Gasteiger partial charge in [-0.3, -0.25) is 5.10 Å². The van der Waals surface area contributed by atoms with Gasteiger partial charge >= 0.3 is 0 Å². The fraction of sp³-hybridized carbons (Fsp3) is 0.273. The molecule has 0 radical (unpaired) electrons. The van der Waals surface area contributed by atoms with E-state index in [2.05, 4.69) is 15.5 Å². The summed E-state index contributed by atoms with van der Waals surface area (Å²) < 4.78 is 24.9. The zero-order chi connectivity index (χ0) is 13.7. The zero-order valence-corrected chi connectivity index (χ0v) is 10.6. The van der Waals surface area contributed by atoms with Crippen LogP contribution in [0.15, 0.2) is 29.3 Å². The van der Waals surface area contributed by atoms with Gasteiger partial charge in [-0.1, -0.05) is 12.2 Å². The van der Waals surface area contributed by atoms with Gasteiger partial charge in [-0.05, 0) is 17.8 Å². The lowest BCUT2D eigenvalue weighted by molar-refractivity contribution is 0.252. The van der Waals surface area contributed by atoms with E-state index >= 15 is 0 Å². The first-order valence-electron chi connectivity index (χ1n) is 5.45. The molecule has 0 aliphatic carbocycles. The topological polar surface area (TPSA) is 67.7 Å². The molecule has 1 aliphatic rings. The molecule has 8 heteroatoms. The Balaban J connectivity index is 2.03. The number of thioether (sulfide) groups is 1. The molecule has 2 rings (SSSR count). The van der Waals surface area contributed by atoms with Crippen LogP contribution >= 0.6 is 11.8 Å². The van der Waals surface area contributed by atoms with E-state index in [4.69, 9.17) is 5.26 Å². The van der Waals surface area contributed by atoms with Crippen LogP contribution in [0.3, 0.4) is 0 Å². The van der Waals surface area contributed by atoms with Crippen LogP contribution in [-0.2, 0) is 0 Å². The molecule has 0 aromatic carbocycles. The fourth-order valence-electron chi connectivity index (χ4n) is 1.53. The van der Waals surface area contributed by atoms with E-state index in [1.54, 1.807) is 0 Å². The third kappa shape index (κ3) is 3.48. The molecule has 100 valence electrons. The van der Waals surface area contributed by atoms with Crippen molar-refractivity contribution in [2.45, 2.75) is 10.7 Å². The van der Waals surface area contributed by atoms with E-state index < -0.39 is 5.76 Å². The molecule has 0 fully saturated rings. The van der Waals surface area contributed by atoms with E-state index in [9.17, 15) is 8.78 Å². The first kappa shape index (κ1) is 13.4. The number of allylic oxidation sites excluding steroid dienone is 2. The molecule has 1 aromatic heterocycles. The quantitative estimate of drug-likeness (QED) is 0.812. The van der Waals surface area contributed by atoms with Gasteiger partial charge in [-0.2, -0.15) is 19.1 Å². The molecule has 1 aliphatic heterocycles. The average molecular weight is 283 g/mol. The number of nitriles is 1. The van der Waals surface area contributed by atoms with Crippen molar-refractivity contribution in [3.05, 3.63) is 30.1 Å². The van der Waals surface area contributed by atoms with Gasteiger partial charge in [-0.25, -0.2) is 0 Å². The minimum Gasteiger partial charge on any atom is -0.356 e. The highest BCUT2D eigenvalue weighted by Gasteiger charge is 2.18. The Morgan fingerprint density at radius 3 is 3.05 bits per heavy atom. The number of nitrogens with zero attached hydrogens (tertiary/aromatic N) is 3. The van der Waals surface area contributed by atoms with Crippen molar-refractivity contribution in [2.24, 2.45) is 0 Å². The number of hydrogen-bond donors (Lipinski definition) is 2. The van der Waals surface area contributed by atoms with Crippen LogP contribution in [0.5, 0.6) is 0 Å². The van der Waals surface area contributed by atoms with Crippen molar-refractivity contribution in [1.29, 1.82) is 5.26 Å². The van der Waals surface area contributed by atoms with Crippen molar-refractivity contribution in [3.8, 4) is 6.07 Å². The molecule has 2 heterocycles. The second-order valence-electron chi connectivity index (χ2n) is 3.64. The van der Waals surface area contributed by atoms with E-state index in [1.165, 1.54) is 0 Å². The molecule has 0 saturated carbocycles. The Kier molecular flexibility index (Phi) is 4.41. The number of halogens is 2. The molecule has 0 bridgehead atoms. The van der Waals surface area contributed by atoms with Gasteiger partial charge in [0.25, 0.3) is 5.76 Å². The van der Waals surface area contributed by atoms with Crippen molar-refractivity contribution in [3.63, 3.8) is 0 Å². The van der Waals surface area contributed by atoms with Crippen LogP contribution in [0, 0.1) is 11.3 Å². The van der Waals surface area contributed by atoms with Gasteiger partial charge in [0.15, 0.2) is 11.5 Å². The van der Waals surface area contributed by atoms with E-state index in [1.807, 2.05) is 35.4 Å². The number of rotatable bonds is 5. The summed E-state index contributed by atoms with van der Waals surface area (Å²) in [5.41, 5.74) is 0.0434. The lowest BCUT2D eigenvalue weighted by Gasteiger charge is -2.20. The van der Waals surface area contributed by atoms with Crippen molar-refractivity contribution in [1.82, 2.24) is 15.1 Å². The number of aromatic nitrogens is 2. The van der Waals surface area contributed by atoms with Gasteiger partial charge in [0.2, 0.25) is 0 Å². The van der Waals surface area contributed by atoms with Gasteiger partial charge in [0.1, 0.15) is 6.07 Å². The van der Waals surface area contributed by atoms with Gasteiger partial charge in [0.05, 0.1) is 11.6 Å². The molecule has 5 nitrogen and oxygen atoms in total. The molecule has 2 N–H and O–H groups in total. The normalized spacial score (nSPS) is 13.9. The summed E-state index contributed by atoms with van der Waals surface area (Å²) >= 11 is 0.307. The summed E-state index contributed by atoms with van der Waals surface area (Å²) in [6, 6.07) is 1.81. The van der Waals surface area contributed by atoms with Crippen LogP contribution in [0.4, 0.5) is 14.6 Å². The van der Waals surface area contributed by atoms with Crippen LogP contribution < -0.4 is 5.32 Å². The summed E-state index contributed by atoms with van der Waals surface area (Å²) in [6.07, 6.45) is 7.66. The maximum atomic E-state index is 12.4. The lowest BCUT2D eigenvalue weighted by atomic mass is 10.4.